The van der Waals surface area contributed by atoms with Gasteiger partial charge >= 0.3 is 0 Å². The maximum Gasteiger partial charge on any atom is 0.229 e. The molecular formula is C11H17N3O2S. The van der Waals surface area contributed by atoms with Gasteiger partial charge in [0.2, 0.25) is 11.8 Å². The summed E-state index contributed by atoms with van der Waals surface area (Å²) in [5, 5.41) is 0. The molecule has 2 N–H and O–H groups in total. The molecule has 2 aliphatic heterocycles. The number of rotatable bonds is 3. The van der Waals surface area contributed by atoms with Gasteiger partial charge in [0.1, 0.15) is 0 Å². The Balaban J connectivity index is 1.88. The van der Waals surface area contributed by atoms with Crippen molar-refractivity contribution in [3.63, 3.8) is 0 Å². The minimum absolute atomic E-state index is 0.0113. The first kappa shape index (κ1) is 12.4. The lowest BCUT2D eigenvalue weighted by atomic mass is 10.0. The minimum atomic E-state index is -0.0113. The van der Waals surface area contributed by atoms with E-state index >= 15 is 0 Å². The van der Waals surface area contributed by atoms with E-state index in [-0.39, 0.29) is 17.9 Å². The first-order valence-electron chi connectivity index (χ1n) is 5.93. The third-order valence-corrected chi connectivity index (χ3v) is 3.52. The summed E-state index contributed by atoms with van der Waals surface area (Å²) in [5.41, 5.74) is 5.50. The van der Waals surface area contributed by atoms with Crippen LogP contribution in [-0.4, -0.2) is 52.3 Å². The number of nitrogens with two attached hydrogens (primary N) is 1. The molecule has 2 heterocycles. The van der Waals surface area contributed by atoms with Crippen LogP contribution in [0.15, 0.2) is 0 Å². The molecule has 0 saturated carbocycles. The van der Waals surface area contributed by atoms with Crippen LogP contribution in [0, 0.1) is 0 Å². The zero-order chi connectivity index (χ0) is 12.4. The van der Waals surface area contributed by atoms with E-state index in [1.807, 2.05) is 0 Å². The summed E-state index contributed by atoms with van der Waals surface area (Å²) >= 11 is 4.87. The predicted molar refractivity (Wildman–Crippen MR) is 67.3 cm³/mol. The number of nitrogens with zero attached hydrogens (tertiary/aromatic N) is 2. The molecule has 94 valence electrons. The lowest BCUT2D eigenvalue weighted by molar-refractivity contribution is -0.142. The average molecular weight is 255 g/mol. The van der Waals surface area contributed by atoms with E-state index in [0.717, 1.165) is 25.9 Å². The highest BCUT2D eigenvalue weighted by Gasteiger charge is 2.36. The molecular weight excluding hydrogens is 238 g/mol. The van der Waals surface area contributed by atoms with Gasteiger partial charge in [0.15, 0.2) is 0 Å². The molecule has 0 atom stereocenters. The van der Waals surface area contributed by atoms with Crippen LogP contribution in [0.3, 0.4) is 0 Å². The monoisotopic (exact) mass is 255 g/mol. The zero-order valence-electron chi connectivity index (χ0n) is 9.72. The number of carbonyl (C=O) groups is 2. The topological polar surface area (TPSA) is 66.6 Å². The Morgan fingerprint density at radius 2 is 1.76 bits per heavy atom. The summed E-state index contributed by atoms with van der Waals surface area (Å²) in [4.78, 5) is 27.3. The molecule has 0 bridgehead atoms. The van der Waals surface area contributed by atoms with Gasteiger partial charge in [0, 0.05) is 38.5 Å². The zero-order valence-corrected chi connectivity index (χ0v) is 10.5. The summed E-state index contributed by atoms with van der Waals surface area (Å²) in [7, 11) is 0. The molecule has 17 heavy (non-hydrogen) atoms. The fraction of sp³-hybridized carbons (Fsp3) is 0.727. The van der Waals surface area contributed by atoms with Crippen LogP contribution in [0.5, 0.6) is 0 Å². The quantitative estimate of drug-likeness (QED) is 0.563. The van der Waals surface area contributed by atoms with Gasteiger partial charge in [-0.25, -0.2) is 0 Å². The van der Waals surface area contributed by atoms with Crippen LogP contribution in [0.1, 0.15) is 25.7 Å². The highest BCUT2D eigenvalue weighted by atomic mass is 32.1. The third-order valence-electron chi connectivity index (χ3n) is 3.39. The Labute approximate surface area is 106 Å². The molecule has 2 saturated heterocycles. The van der Waals surface area contributed by atoms with Crippen molar-refractivity contribution < 1.29 is 9.59 Å². The van der Waals surface area contributed by atoms with Crippen molar-refractivity contribution >= 4 is 29.0 Å². The maximum atomic E-state index is 11.6. The second-order valence-electron chi connectivity index (χ2n) is 4.63. The van der Waals surface area contributed by atoms with Crippen molar-refractivity contribution in [2.75, 3.05) is 19.6 Å². The van der Waals surface area contributed by atoms with Crippen LogP contribution in [0.4, 0.5) is 0 Å². The van der Waals surface area contributed by atoms with Gasteiger partial charge in [-0.15, -0.1) is 0 Å². The van der Waals surface area contributed by atoms with Gasteiger partial charge in [-0.05, 0) is 12.8 Å². The van der Waals surface area contributed by atoms with E-state index in [2.05, 4.69) is 4.90 Å². The van der Waals surface area contributed by atoms with E-state index in [9.17, 15) is 9.59 Å². The number of piperidine rings is 1. The molecule has 2 aliphatic rings. The van der Waals surface area contributed by atoms with E-state index in [4.69, 9.17) is 18.0 Å². The van der Waals surface area contributed by atoms with E-state index < -0.39 is 0 Å². The van der Waals surface area contributed by atoms with Gasteiger partial charge in [-0.3, -0.25) is 19.4 Å². The smallest absolute Gasteiger partial charge is 0.229 e. The molecule has 2 rings (SSSR count). The molecule has 0 aromatic rings. The molecule has 0 radical (unpaired) electrons. The third kappa shape index (κ3) is 2.81. The van der Waals surface area contributed by atoms with Crippen molar-refractivity contribution in [2.24, 2.45) is 5.73 Å². The largest absolute Gasteiger partial charge is 0.392 e. The number of hydrogen-bond donors (Lipinski definition) is 1. The lowest BCUT2D eigenvalue weighted by Crippen LogP contribution is -2.48. The Morgan fingerprint density at radius 1 is 1.24 bits per heavy atom. The van der Waals surface area contributed by atoms with Crippen LogP contribution >= 0.6 is 12.2 Å². The summed E-state index contributed by atoms with van der Waals surface area (Å²) in [6.45, 7) is 2.32. The predicted octanol–water partition coefficient (Wildman–Crippen LogP) is -0.114. The second kappa shape index (κ2) is 5.10. The van der Waals surface area contributed by atoms with Crippen molar-refractivity contribution in [2.45, 2.75) is 31.7 Å². The summed E-state index contributed by atoms with van der Waals surface area (Å²) in [6, 6.07) is 0.0834. The van der Waals surface area contributed by atoms with Gasteiger partial charge in [0.05, 0.1) is 4.99 Å². The number of hydrogen-bond acceptors (Lipinski definition) is 4. The highest BCUT2D eigenvalue weighted by Crippen LogP contribution is 2.22. The van der Waals surface area contributed by atoms with Gasteiger partial charge in [-0.2, -0.15) is 0 Å². The van der Waals surface area contributed by atoms with Crippen LogP contribution in [-0.2, 0) is 9.59 Å². The van der Waals surface area contributed by atoms with Crippen molar-refractivity contribution in [3.8, 4) is 0 Å². The number of likely N-dealkylation sites (tertiary alicyclic amines) is 2. The SMILES string of the molecule is NC(=S)CN1CCC(N2C(=O)CCC2=O)CC1. The average Bonchev–Trinajstić information content (AvgIpc) is 2.59. The molecule has 2 amide bonds. The Hall–Kier alpha value is -1.01. The van der Waals surface area contributed by atoms with E-state index in [1.165, 1.54) is 4.90 Å². The summed E-state index contributed by atoms with van der Waals surface area (Å²) in [5.74, 6) is -0.0226. The van der Waals surface area contributed by atoms with Gasteiger partial charge in [-0.1, -0.05) is 12.2 Å². The van der Waals surface area contributed by atoms with E-state index in [1.54, 1.807) is 0 Å². The van der Waals surface area contributed by atoms with Gasteiger partial charge in [0.25, 0.3) is 0 Å². The van der Waals surface area contributed by atoms with Crippen molar-refractivity contribution in [1.29, 1.82) is 0 Å². The number of carbonyl (C=O) groups excluding carboxylic acids is 2. The Kier molecular flexibility index (Phi) is 3.73. The first-order valence-corrected chi connectivity index (χ1v) is 6.34. The normalized spacial score (nSPS) is 23.4. The molecule has 2 fully saturated rings. The molecule has 6 heteroatoms. The number of thiocarbonyl (C=S) groups is 1. The highest BCUT2D eigenvalue weighted by molar-refractivity contribution is 7.80. The fourth-order valence-corrected chi connectivity index (χ4v) is 2.74. The second-order valence-corrected chi connectivity index (χ2v) is 5.16. The maximum absolute atomic E-state index is 11.6. The summed E-state index contributed by atoms with van der Waals surface area (Å²) < 4.78 is 0. The first-order chi connectivity index (χ1) is 8.08. The molecule has 0 aromatic carbocycles. The Morgan fingerprint density at radius 3 is 2.24 bits per heavy atom. The van der Waals surface area contributed by atoms with Crippen molar-refractivity contribution in [1.82, 2.24) is 9.80 Å². The molecule has 0 spiro atoms. The molecule has 5 nitrogen and oxygen atoms in total. The standard InChI is InChI=1S/C11H17N3O2S/c12-9(17)7-13-5-3-8(4-6-13)14-10(15)1-2-11(14)16/h8H,1-7H2,(H2,12,17). The number of amides is 2. The molecule has 0 unspecified atom stereocenters. The fourth-order valence-electron chi connectivity index (χ4n) is 2.56. The number of imide groups is 1. The van der Waals surface area contributed by atoms with Crippen molar-refractivity contribution in [3.05, 3.63) is 0 Å². The lowest BCUT2D eigenvalue weighted by Gasteiger charge is -2.35. The Bertz CT molecular complexity index is 335. The minimum Gasteiger partial charge on any atom is -0.392 e. The van der Waals surface area contributed by atoms with Crippen LogP contribution in [0.2, 0.25) is 0 Å². The molecule has 0 aromatic heterocycles. The summed E-state index contributed by atoms with van der Waals surface area (Å²) in [6.07, 6.45) is 2.43. The van der Waals surface area contributed by atoms with Crippen LogP contribution < -0.4 is 5.73 Å². The van der Waals surface area contributed by atoms with Gasteiger partial charge < -0.3 is 5.73 Å². The molecule has 0 aliphatic carbocycles. The van der Waals surface area contributed by atoms with Crippen LogP contribution in [0.25, 0.3) is 0 Å². The van der Waals surface area contributed by atoms with E-state index in [0.29, 0.717) is 24.4 Å².